The number of carbonyl (C=O) groups is 2. The van der Waals surface area contributed by atoms with Crippen LogP contribution in [0.1, 0.15) is 26.9 Å². The highest BCUT2D eigenvalue weighted by atomic mass is 19.1. The summed E-state index contributed by atoms with van der Waals surface area (Å²) in [6.45, 7) is -0.272. The van der Waals surface area contributed by atoms with Gasteiger partial charge in [0.1, 0.15) is 12.7 Å². The van der Waals surface area contributed by atoms with Crippen LogP contribution >= 0.6 is 0 Å². The van der Waals surface area contributed by atoms with Crippen molar-refractivity contribution in [2.45, 2.75) is 24.6 Å². The molecule has 2 heterocycles. The van der Waals surface area contributed by atoms with Gasteiger partial charge in [-0.2, -0.15) is 0 Å². The minimum atomic E-state index is -1.67. The van der Waals surface area contributed by atoms with E-state index in [0.29, 0.717) is 5.56 Å². The molecule has 0 unspecified atom stereocenters. The Morgan fingerprint density at radius 3 is 2.23 bits per heavy atom. The third kappa shape index (κ3) is 4.23. The summed E-state index contributed by atoms with van der Waals surface area (Å²) in [7, 11) is 0. The van der Waals surface area contributed by atoms with E-state index in [-0.39, 0.29) is 12.2 Å². The molecule has 0 radical (unpaired) electrons. The van der Waals surface area contributed by atoms with Crippen LogP contribution in [0.4, 0.5) is 4.39 Å². The van der Waals surface area contributed by atoms with E-state index < -0.39 is 36.5 Å². The quantitative estimate of drug-likeness (QED) is 0.581. The predicted octanol–water partition coefficient (Wildman–Crippen LogP) is 3.20. The summed E-state index contributed by atoms with van der Waals surface area (Å²) >= 11 is 0. The van der Waals surface area contributed by atoms with Crippen molar-refractivity contribution in [2.75, 3.05) is 6.61 Å². The summed E-state index contributed by atoms with van der Waals surface area (Å²) in [5, 5.41) is 0. The van der Waals surface area contributed by atoms with Crippen molar-refractivity contribution in [2.24, 2.45) is 0 Å². The standard InChI is InChI=1S/C22H19FN2O5/c23-18-19(30-22(27)16-9-5-2-6-10-16)17(29-20(18)25-12-11-24-14-25)13-28-21(26)15-7-3-1-4-8-15/h1-12,14,17-20H,13H2/t17-,18+,19-,20-/m1/s1. The largest absolute Gasteiger partial charge is 0.459 e. The lowest BCUT2D eigenvalue weighted by Crippen LogP contribution is -2.37. The summed E-state index contributed by atoms with van der Waals surface area (Å²) in [5.41, 5.74) is 0.645. The van der Waals surface area contributed by atoms with Crippen molar-refractivity contribution in [3.63, 3.8) is 0 Å². The lowest BCUT2D eigenvalue weighted by Gasteiger charge is -2.19. The van der Waals surface area contributed by atoms with Crippen LogP contribution in [-0.4, -0.2) is 46.5 Å². The maximum absolute atomic E-state index is 15.2. The number of rotatable bonds is 6. The number of benzene rings is 2. The summed E-state index contributed by atoms with van der Waals surface area (Å²) in [4.78, 5) is 28.6. The molecule has 1 saturated heterocycles. The minimum Gasteiger partial charge on any atom is -0.459 e. The third-order valence-corrected chi connectivity index (χ3v) is 4.73. The molecule has 7 nitrogen and oxygen atoms in total. The van der Waals surface area contributed by atoms with E-state index in [1.807, 2.05) is 0 Å². The number of carbonyl (C=O) groups excluding carboxylic acids is 2. The number of halogens is 1. The van der Waals surface area contributed by atoms with Crippen LogP contribution in [-0.2, 0) is 14.2 Å². The Labute approximate surface area is 172 Å². The summed E-state index contributed by atoms with van der Waals surface area (Å²) in [5.74, 6) is -1.26. The molecule has 154 valence electrons. The number of hydrogen-bond acceptors (Lipinski definition) is 6. The van der Waals surface area contributed by atoms with Crippen molar-refractivity contribution in [1.82, 2.24) is 9.55 Å². The number of imidazole rings is 1. The second kappa shape index (κ2) is 8.87. The van der Waals surface area contributed by atoms with Gasteiger partial charge in [0, 0.05) is 12.4 Å². The molecule has 0 amide bonds. The molecule has 1 aliphatic heterocycles. The van der Waals surface area contributed by atoms with Gasteiger partial charge in [-0.3, -0.25) is 0 Å². The molecule has 3 aromatic rings. The first-order chi connectivity index (χ1) is 14.6. The van der Waals surface area contributed by atoms with Crippen LogP contribution in [0.15, 0.2) is 79.4 Å². The van der Waals surface area contributed by atoms with E-state index in [2.05, 4.69) is 4.98 Å². The van der Waals surface area contributed by atoms with Crippen LogP contribution in [0.2, 0.25) is 0 Å². The molecule has 1 fully saturated rings. The van der Waals surface area contributed by atoms with Gasteiger partial charge in [0.2, 0.25) is 0 Å². The molecular formula is C22H19FN2O5. The molecule has 0 spiro atoms. The van der Waals surface area contributed by atoms with Gasteiger partial charge in [-0.25, -0.2) is 19.0 Å². The number of aromatic nitrogens is 2. The van der Waals surface area contributed by atoms with E-state index in [1.165, 1.54) is 17.1 Å². The van der Waals surface area contributed by atoms with Gasteiger partial charge >= 0.3 is 11.9 Å². The van der Waals surface area contributed by atoms with Gasteiger partial charge in [-0.05, 0) is 24.3 Å². The first kappa shape index (κ1) is 19.8. The summed E-state index contributed by atoms with van der Waals surface area (Å²) in [6.07, 6.45) is -0.517. The lowest BCUT2D eigenvalue weighted by atomic mass is 10.1. The number of ether oxygens (including phenoxy) is 3. The zero-order valence-electron chi connectivity index (χ0n) is 15.8. The molecule has 1 aromatic heterocycles. The van der Waals surface area contributed by atoms with Gasteiger partial charge in [-0.15, -0.1) is 0 Å². The van der Waals surface area contributed by atoms with Crippen LogP contribution in [0.3, 0.4) is 0 Å². The molecular weight excluding hydrogens is 391 g/mol. The monoisotopic (exact) mass is 410 g/mol. The molecule has 0 bridgehead atoms. The SMILES string of the molecule is O=C(OC[C@H]1O[C@@H](n2ccnc2)[C@@H](F)[C@@H]1OC(=O)c1ccccc1)c1ccccc1. The smallest absolute Gasteiger partial charge is 0.338 e. The van der Waals surface area contributed by atoms with Crippen LogP contribution < -0.4 is 0 Å². The minimum absolute atomic E-state index is 0.272. The van der Waals surface area contributed by atoms with Crippen molar-refractivity contribution >= 4 is 11.9 Å². The van der Waals surface area contributed by atoms with Crippen molar-refractivity contribution in [3.05, 3.63) is 90.5 Å². The molecule has 1 aliphatic rings. The van der Waals surface area contributed by atoms with Gasteiger partial charge in [0.05, 0.1) is 17.5 Å². The second-order valence-corrected chi connectivity index (χ2v) is 6.72. The van der Waals surface area contributed by atoms with Crippen molar-refractivity contribution in [1.29, 1.82) is 0 Å². The Bertz CT molecular complexity index is 981. The molecule has 4 atom stereocenters. The van der Waals surface area contributed by atoms with E-state index in [1.54, 1.807) is 66.9 Å². The van der Waals surface area contributed by atoms with Gasteiger partial charge in [0.15, 0.2) is 18.5 Å². The number of esters is 2. The molecule has 2 aromatic carbocycles. The maximum Gasteiger partial charge on any atom is 0.338 e. The van der Waals surface area contributed by atoms with Crippen LogP contribution in [0.25, 0.3) is 0 Å². The predicted molar refractivity (Wildman–Crippen MR) is 103 cm³/mol. The third-order valence-electron chi connectivity index (χ3n) is 4.73. The average Bonchev–Trinajstić information content (AvgIpc) is 3.42. The Morgan fingerprint density at radius 1 is 1.00 bits per heavy atom. The van der Waals surface area contributed by atoms with Gasteiger partial charge in [0.25, 0.3) is 0 Å². The van der Waals surface area contributed by atoms with Crippen LogP contribution in [0.5, 0.6) is 0 Å². The second-order valence-electron chi connectivity index (χ2n) is 6.72. The first-order valence-corrected chi connectivity index (χ1v) is 9.38. The van der Waals surface area contributed by atoms with Crippen molar-refractivity contribution < 1.29 is 28.2 Å². The fourth-order valence-corrected chi connectivity index (χ4v) is 3.21. The Kier molecular flexibility index (Phi) is 5.85. The normalized spacial score (nSPS) is 23.1. The molecule has 8 heteroatoms. The highest BCUT2D eigenvalue weighted by Crippen LogP contribution is 2.34. The highest BCUT2D eigenvalue weighted by molar-refractivity contribution is 5.90. The lowest BCUT2D eigenvalue weighted by molar-refractivity contribution is -0.0579. The summed E-state index contributed by atoms with van der Waals surface area (Å²) in [6, 6.07) is 16.7. The number of nitrogens with zero attached hydrogens (tertiary/aromatic N) is 2. The van der Waals surface area contributed by atoms with E-state index in [0.717, 1.165) is 0 Å². The topological polar surface area (TPSA) is 79.7 Å². The number of hydrogen-bond donors (Lipinski definition) is 0. The fraction of sp³-hybridized carbons (Fsp3) is 0.227. The maximum atomic E-state index is 15.2. The Balaban J connectivity index is 1.49. The first-order valence-electron chi connectivity index (χ1n) is 9.38. The molecule has 0 N–H and O–H groups in total. The average molecular weight is 410 g/mol. The molecule has 0 aliphatic carbocycles. The highest BCUT2D eigenvalue weighted by Gasteiger charge is 2.49. The van der Waals surface area contributed by atoms with Gasteiger partial charge in [-0.1, -0.05) is 36.4 Å². The molecule has 4 rings (SSSR count). The van der Waals surface area contributed by atoms with E-state index in [4.69, 9.17) is 14.2 Å². The molecule has 30 heavy (non-hydrogen) atoms. The zero-order chi connectivity index (χ0) is 20.9. The van der Waals surface area contributed by atoms with Crippen LogP contribution in [0, 0.1) is 0 Å². The number of alkyl halides is 1. The van der Waals surface area contributed by atoms with E-state index >= 15 is 4.39 Å². The summed E-state index contributed by atoms with van der Waals surface area (Å²) < 4.78 is 33.1. The van der Waals surface area contributed by atoms with Crippen molar-refractivity contribution in [3.8, 4) is 0 Å². The van der Waals surface area contributed by atoms with Gasteiger partial charge < -0.3 is 18.8 Å². The molecule has 0 saturated carbocycles. The Hall–Kier alpha value is -3.52. The zero-order valence-corrected chi connectivity index (χ0v) is 15.8. The Morgan fingerprint density at radius 2 is 1.63 bits per heavy atom. The van der Waals surface area contributed by atoms with E-state index in [9.17, 15) is 9.59 Å². The fourth-order valence-electron chi connectivity index (χ4n) is 3.21.